The van der Waals surface area contributed by atoms with E-state index in [1.807, 2.05) is 12.1 Å². The zero-order valence-electron chi connectivity index (χ0n) is 12.0. The highest BCUT2D eigenvalue weighted by Gasteiger charge is 2.22. The summed E-state index contributed by atoms with van der Waals surface area (Å²) in [4.78, 5) is 2.12. The first-order chi connectivity index (χ1) is 9.74. The Bertz CT molecular complexity index is 570. The molecule has 1 N–H and O–H groups in total. The van der Waals surface area contributed by atoms with Gasteiger partial charge in [-0.05, 0) is 23.8 Å². The standard InChI is InChI=1S/C17H20N2O/c1-19(2)16-9-5-4-8-15(16)18-12-14-11-13-7-3-6-10-17(13)20-14/h3-10,14,18H,11-12H2,1-2H3. The molecule has 3 nitrogen and oxygen atoms in total. The van der Waals surface area contributed by atoms with Crippen molar-refractivity contribution in [3.8, 4) is 5.75 Å². The summed E-state index contributed by atoms with van der Waals surface area (Å²) in [6.45, 7) is 0.819. The molecule has 0 saturated carbocycles. The van der Waals surface area contributed by atoms with Gasteiger partial charge in [-0.3, -0.25) is 0 Å². The number of para-hydroxylation sites is 3. The van der Waals surface area contributed by atoms with Gasteiger partial charge in [-0.1, -0.05) is 30.3 Å². The summed E-state index contributed by atoms with van der Waals surface area (Å²) in [7, 11) is 4.12. The highest BCUT2D eigenvalue weighted by molar-refractivity contribution is 5.69. The van der Waals surface area contributed by atoms with E-state index in [0.29, 0.717) is 0 Å². The average molecular weight is 268 g/mol. The van der Waals surface area contributed by atoms with Crippen LogP contribution in [0.15, 0.2) is 48.5 Å². The number of nitrogens with zero attached hydrogens (tertiary/aromatic N) is 1. The number of hydrogen-bond acceptors (Lipinski definition) is 3. The van der Waals surface area contributed by atoms with Crippen LogP contribution in [0.1, 0.15) is 5.56 Å². The SMILES string of the molecule is CN(C)c1ccccc1NCC1Cc2ccccc2O1. The summed E-state index contributed by atoms with van der Waals surface area (Å²) in [6.07, 6.45) is 1.19. The van der Waals surface area contributed by atoms with E-state index in [1.54, 1.807) is 0 Å². The average Bonchev–Trinajstić information content (AvgIpc) is 2.88. The summed E-state index contributed by atoms with van der Waals surface area (Å²) < 4.78 is 5.95. The van der Waals surface area contributed by atoms with Crippen molar-refractivity contribution in [2.75, 3.05) is 30.9 Å². The number of fused-ring (bicyclic) bond motifs is 1. The predicted octanol–water partition coefficient (Wildman–Crippen LogP) is 3.17. The van der Waals surface area contributed by atoms with Crippen LogP contribution in [0, 0.1) is 0 Å². The second-order valence-corrected chi connectivity index (χ2v) is 5.34. The van der Waals surface area contributed by atoms with Crippen molar-refractivity contribution >= 4 is 11.4 Å². The molecule has 1 aliphatic rings. The van der Waals surface area contributed by atoms with Gasteiger partial charge in [0.15, 0.2) is 0 Å². The molecule has 20 heavy (non-hydrogen) atoms. The third-order valence-corrected chi connectivity index (χ3v) is 3.62. The van der Waals surface area contributed by atoms with Crippen molar-refractivity contribution in [1.82, 2.24) is 0 Å². The Balaban J connectivity index is 1.65. The van der Waals surface area contributed by atoms with Crippen LogP contribution in [0.4, 0.5) is 11.4 Å². The van der Waals surface area contributed by atoms with Crippen LogP contribution in [0.5, 0.6) is 5.75 Å². The molecule has 1 aliphatic heterocycles. The van der Waals surface area contributed by atoms with E-state index in [2.05, 4.69) is 60.7 Å². The Morgan fingerprint density at radius 2 is 1.85 bits per heavy atom. The van der Waals surface area contributed by atoms with E-state index >= 15 is 0 Å². The Hall–Kier alpha value is -2.16. The minimum absolute atomic E-state index is 0.211. The molecule has 0 radical (unpaired) electrons. The second kappa shape index (κ2) is 5.45. The van der Waals surface area contributed by atoms with Crippen molar-refractivity contribution in [3.63, 3.8) is 0 Å². The van der Waals surface area contributed by atoms with E-state index < -0.39 is 0 Å². The molecule has 1 atom stereocenters. The molecule has 0 saturated heterocycles. The molecule has 0 fully saturated rings. The maximum atomic E-state index is 5.95. The number of ether oxygens (including phenoxy) is 1. The predicted molar refractivity (Wildman–Crippen MR) is 83.8 cm³/mol. The molecule has 2 aromatic carbocycles. The molecule has 3 heteroatoms. The number of anilines is 2. The smallest absolute Gasteiger partial charge is 0.123 e. The summed E-state index contributed by atoms with van der Waals surface area (Å²) >= 11 is 0. The minimum atomic E-state index is 0.211. The number of benzene rings is 2. The zero-order chi connectivity index (χ0) is 13.9. The topological polar surface area (TPSA) is 24.5 Å². The minimum Gasteiger partial charge on any atom is -0.488 e. The maximum absolute atomic E-state index is 5.95. The molecule has 3 rings (SSSR count). The van der Waals surface area contributed by atoms with E-state index in [1.165, 1.54) is 11.3 Å². The van der Waals surface area contributed by atoms with Gasteiger partial charge in [0.1, 0.15) is 11.9 Å². The third kappa shape index (κ3) is 2.57. The van der Waals surface area contributed by atoms with Gasteiger partial charge >= 0.3 is 0 Å². The lowest BCUT2D eigenvalue weighted by molar-refractivity contribution is 0.246. The third-order valence-electron chi connectivity index (χ3n) is 3.62. The van der Waals surface area contributed by atoms with Gasteiger partial charge in [-0.25, -0.2) is 0 Å². The van der Waals surface area contributed by atoms with Crippen LogP contribution in [-0.4, -0.2) is 26.7 Å². The number of nitrogens with one attached hydrogen (secondary N) is 1. The molecular weight excluding hydrogens is 248 g/mol. The summed E-state index contributed by atoms with van der Waals surface area (Å²) in [5.41, 5.74) is 3.65. The lowest BCUT2D eigenvalue weighted by Gasteiger charge is -2.20. The molecular formula is C17H20N2O. The van der Waals surface area contributed by atoms with E-state index in [0.717, 1.165) is 24.4 Å². The maximum Gasteiger partial charge on any atom is 0.123 e. The fourth-order valence-electron chi connectivity index (χ4n) is 2.60. The quantitative estimate of drug-likeness (QED) is 0.921. The number of rotatable bonds is 4. The molecule has 104 valence electrons. The fourth-order valence-corrected chi connectivity index (χ4v) is 2.60. The van der Waals surface area contributed by atoms with Gasteiger partial charge in [0, 0.05) is 20.5 Å². The van der Waals surface area contributed by atoms with Crippen LogP contribution < -0.4 is 15.0 Å². The lowest BCUT2D eigenvalue weighted by atomic mass is 10.1. The van der Waals surface area contributed by atoms with Crippen LogP contribution in [0.2, 0.25) is 0 Å². The molecule has 0 amide bonds. The second-order valence-electron chi connectivity index (χ2n) is 5.34. The molecule has 2 aromatic rings. The molecule has 0 spiro atoms. The molecule has 1 heterocycles. The first-order valence-electron chi connectivity index (χ1n) is 6.99. The highest BCUT2D eigenvalue weighted by atomic mass is 16.5. The summed E-state index contributed by atoms with van der Waals surface area (Å²) in [5.74, 6) is 1.03. The first kappa shape index (κ1) is 12.9. The Kier molecular flexibility index (Phi) is 3.50. The summed E-state index contributed by atoms with van der Waals surface area (Å²) in [5, 5.41) is 3.50. The Labute approximate surface area is 120 Å². The van der Waals surface area contributed by atoms with Gasteiger partial charge in [0.2, 0.25) is 0 Å². The van der Waals surface area contributed by atoms with Gasteiger partial charge < -0.3 is 15.0 Å². The molecule has 0 aromatic heterocycles. The van der Waals surface area contributed by atoms with Crippen LogP contribution in [0.3, 0.4) is 0 Å². The highest BCUT2D eigenvalue weighted by Crippen LogP contribution is 2.29. The normalized spacial score (nSPS) is 16.4. The van der Waals surface area contributed by atoms with E-state index in [9.17, 15) is 0 Å². The monoisotopic (exact) mass is 268 g/mol. The van der Waals surface area contributed by atoms with E-state index in [4.69, 9.17) is 4.74 Å². The van der Waals surface area contributed by atoms with Gasteiger partial charge in [0.25, 0.3) is 0 Å². The summed E-state index contributed by atoms with van der Waals surface area (Å²) in [6, 6.07) is 16.6. The van der Waals surface area contributed by atoms with Crippen molar-refractivity contribution < 1.29 is 4.74 Å². The Morgan fingerprint density at radius 3 is 2.65 bits per heavy atom. The number of hydrogen-bond donors (Lipinski definition) is 1. The lowest BCUT2D eigenvalue weighted by Crippen LogP contribution is -2.24. The molecule has 0 aliphatic carbocycles. The fraction of sp³-hybridized carbons (Fsp3) is 0.294. The van der Waals surface area contributed by atoms with Crippen molar-refractivity contribution in [2.45, 2.75) is 12.5 Å². The van der Waals surface area contributed by atoms with Crippen molar-refractivity contribution in [1.29, 1.82) is 0 Å². The largest absolute Gasteiger partial charge is 0.488 e. The van der Waals surface area contributed by atoms with Crippen molar-refractivity contribution in [3.05, 3.63) is 54.1 Å². The van der Waals surface area contributed by atoms with Gasteiger partial charge in [-0.15, -0.1) is 0 Å². The Morgan fingerprint density at radius 1 is 1.10 bits per heavy atom. The molecule has 1 unspecified atom stereocenters. The van der Waals surface area contributed by atoms with Gasteiger partial charge in [0.05, 0.1) is 17.9 Å². The van der Waals surface area contributed by atoms with Crippen LogP contribution in [-0.2, 0) is 6.42 Å². The van der Waals surface area contributed by atoms with Crippen molar-refractivity contribution in [2.24, 2.45) is 0 Å². The zero-order valence-corrected chi connectivity index (χ0v) is 12.0. The molecule has 0 bridgehead atoms. The first-order valence-corrected chi connectivity index (χ1v) is 6.99. The van der Waals surface area contributed by atoms with Crippen LogP contribution >= 0.6 is 0 Å². The van der Waals surface area contributed by atoms with Gasteiger partial charge in [-0.2, -0.15) is 0 Å². The van der Waals surface area contributed by atoms with Crippen LogP contribution in [0.25, 0.3) is 0 Å². The van der Waals surface area contributed by atoms with E-state index in [-0.39, 0.29) is 6.10 Å².